The lowest BCUT2D eigenvalue weighted by Gasteiger charge is -2.28. The number of hydrogen-bond donors (Lipinski definition) is 2. The molecule has 0 aliphatic carbocycles. The molecule has 3 N–H and O–H groups in total. The third-order valence-electron chi connectivity index (χ3n) is 2.85. The maximum Gasteiger partial charge on any atom is 0.115 e. The van der Waals surface area contributed by atoms with Crippen molar-refractivity contribution in [3.63, 3.8) is 0 Å². The molecule has 14 heavy (non-hydrogen) atoms. The van der Waals surface area contributed by atoms with E-state index in [1.54, 1.807) is 6.33 Å². The van der Waals surface area contributed by atoms with Crippen molar-refractivity contribution in [2.24, 2.45) is 5.73 Å². The van der Waals surface area contributed by atoms with E-state index in [1.807, 2.05) is 12.4 Å². The smallest absolute Gasteiger partial charge is 0.115 e. The molecular formula is C10H16N4. The molecule has 0 radical (unpaired) electrons. The number of piperidine rings is 1. The summed E-state index contributed by atoms with van der Waals surface area (Å²) in [6.07, 6.45) is 7.71. The Hall–Kier alpha value is -1.00. The number of rotatable bonds is 2. The van der Waals surface area contributed by atoms with Gasteiger partial charge in [0.15, 0.2) is 0 Å². The van der Waals surface area contributed by atoms with Crippen LogP contribution in [0.2, 0.25) is 0 Å². The van der Waals surface area contributed by atoms with E-state index in [2.05, 4.69) is 15.3 Å². The van der Waals surface area contributed by atoms with Crippen molar-refractivity contribution in [2.45, 2.75) is 24.8 Å². The molecule has 1 aromatic heterocycles. The fourth-order valence-corrected chi connectivity index (χ4v) is 1.92. The van der Waals surface area contributed by atoms with Crippen molar-refractivity contribution in [1.82, 2.24) is 15.3 Å². The predicted molar refractivity (Wildman–Crippen MR) is 54.9 cm³/mol. The molecule has 4 nitrogen and oxygen atoms in total. The minimum atomic E-state index is 0.496. The summed E-state index contributed by atoms with van der Waals surface area (Å²) in [4.78, 5) is 8.07. The van der Waals surface area contributed by atoms with Crippen molar-refractivity contribution in [1.29, 1.82) is 0 Å². The lowest BCUT2D eigenvalue weighted by molar-refractivity contribution is 0.370. The second-order valence-corrected chi connectivity index (χ2v) is 3.79. The second-order valence-electron chi connectivity index (χ2n) is 3.79. The van der Waals surface area contributed by atoms with E-state index >= 15 is 0 Å². The van der Waals surface area contributed by atoms with Gasteiger partial charge in [0.1, 0.15) is 6.33 Å². The normalized spacial score (nSPS) is 27.5. The van der Waals surface area contributed by atoms with E-state index in [4.69, 9.17) is 5.73 Å². The van der Waals surface area contributed by atoms with E-state index in [1.165, 1.54) is 12.0 Å². The van der Waals surface area contributed by atoms with Crippen LogP contribution in [0.15, 0.2) is 18.7 Å². The minimum absolute atomic E-state index is 0.496. The molecule has 1 aliphatic rings. The minimum Gasteiger partial charge on any atom is -0.329 e. The summed E-state index contributed by atoms with van der Waals surface area (Å²) in [5.74, 6) is 0.555. The first kappa shape index (κ1) is 9.55. The van der Waals surface area contributed by atoms with Crippen LogP contribution < -0.4 is 11.1 Å². The van der Waals surface area contributed by atoms with Gasteiger partial charge in [0.05, 0.1) is 0 Å². The molecule has 2 atom stereocenters. The highest BCUT2D eigenvalue weighted by atomic mass is 14.9. The van der Waals surface area contributed by atoms with Crippen LogP contribution in [0.1, 0.15) is 24.3 Å². The maximum absolute atomic E-state index is 5.60. The Bertz CT molecular complexity index is 267. The Morgan fingerprint density at radius 2 is 2.14 bits per heavy atom. The van der Waals surface area contributed by atoms with Gasteiger partial charge in [0, 0.05) is 31.5 Å². The highest BCUT2D eigenvalue weighted by Gasteiger charge is 2.20. The molecule has 0 spiro atoms. The molecule has 4 heteroatoms. The molecule has 1 aliphatic heterocycles. The van der Waals surface area contributed by atoms with Gasteiger partial charge < -0.3 is 11.1 Å². The van der Waals surface area contributed by atoms with E-state index in [0.717, 1.165) is 19.5 Å². The highest BCUT2D eigenvalue weighted by Crippen LogP contribution is 2.23. The summed E-state index contributed by atoms with van der Waals surface area (Å²) < 4.78 is 0. The van der Waals surface area contributed by atoms with Crippen molar-refractivity contribution in [3.8, 4) is 0 Å². The van der Waals surface area contributed by atoms with Crippen LogP contribution >= 0.6 is 0 Å². The standard InChI is InChI=1S/C10H16N4/c11-3-10-2-1-8(6-14-10)9-4-12-7-13-5-9/h4-5,7-8,10,14H,1-3,6,11H2. The quantitative estimate of drug-likeness (QED) is 0.706. The Balaban J connectivity index is 1.96. The van der Waals surface area contributed by atoms with Crippen LogP contribution in [-0.4, -0.2) is 29.1 Å². The SMILES string of the molecule is NCC1CCC(c2cncnc2)CN1. The van der Waals surface area contributed by atoms with Gasteiger partial charge in [-0.05, 0) is 24.3 Å². The lowest BCUT2D eigenvalue weighted by Crippen LogP contribution is -2.42. The zero-order chi connectivity index (χ0) is 9.80. The zero-order valence-corrected chi connectivity index (χ0v) is 8.19. The average molecular weight is 192 g/mol. The van der Waals surface area contributed by atoms with Gasteiger partial charge in [-0.15, -0.1) is 0 Å². The average Bonchev–Trinajstić information content (AvgIpc) is 2.30. The monoisotopic (exact) mass is 192 g/mol. The third kappa shape index (κ3) is 2.08. The van der Waals surface area contributed by atoms with E-state index < -0.39 is 0 Å². The summed E-state index contributed by atoms with van der Waals surface area (Å²) in [6.45, 7) is 1.73. The molecule has 1 fully saturated rings. The second kappa shape index (κ2) is 4.48. The Morgan fingerprint density at radius 3 is 2.71 bits per heavy atom. The molecule has 2 unspecified atom stereocenters. The van der Waals surface area contributed by atoms with Gasteiger partial charge in [0.2, 0.25) is 0 Å². The van der Waals surface area contributed by atoms with Crippen LogP contribution in [0.25, 0.3) is 0 Å². The lowest BCUT2D eigenvalue weighted by atomic mass is 9.90. The Kier molecular flexibility index (Phi) is 3.06. The molecule has 2 heterocycles. The van der Waals surface area contributed by atoms with Crippen molar-refractivity contribution >= 4 is 0 Å². The summed E-state index contributed by atoms with van der Waals surface area (Å²) in [5.41, 5.74) is 6.83. The summed E-state index contributed by atoms with van der Waals surface area (Å²) in [5, 5.41) is 3.44. The highest BCUT2D eigenvalue weighted by molar-refractivity contribution is 5.12. The first-order chi connectivity index (χ1) is 6.90. The molecule has 1 aromatic rings. The van der Waals surface area contributed by atoms with Gasteiger partial charge in [-0.3, -0.25) is 0 Å². The Morgan fingerprint density at radius 1 is 1.36 bits per heavy atom. The molecule has 1 saturated heterocycles. The van der Waals surface area contributed by atoms with E-state index in [-0.39, 0.29) is 0 Å². The summed E-state index contributed by atoms with van der Waals surface area (Å²) in [7, 11) is 0. The van der Waals surface area contributed by atoms with E-state index in [9.17, 15) is 0 Å². The zero-order valence-electron chi connectivity index (χ0n) is 8.19. The number of nitrogens with two attached hydrogens (primary N) is 1. The first-order valence-electron chi connectivity index (χ1n) is 5.08. The number of nitrogens with zero attached hydrogens (tertiary/aromatic N) is 2. The largest absolute Gasteiger partial charge is 0.329 e. The fraction of sp³-hybridized carbons (Fsp3) is 0.600. The fourth-order valence-electron chi connectivity index (χ4n) is 1.92. The maximum atomic E-state index is 5.60. The third-order valence-corrected chi connectivity index (χ3v) is 2.85. The van der Waals surface area contributed by atoms with Crippen molar-refractivity contribution in [2.75, 3.05) is 13.1 Å². The van der Waals surface area contributed by atoms with Crippen LogP contribution in [0.3, 0.4) is 0 Å². The summed E-state index contributed by atoms with van der Waals surface area (Å²) >= 11 is 0. The predicted octanol–water partition coefficient (Wildman–Crippen LogP) is 0.271. The molecule has 0 aromatic carbocycles. The number of nitrogens with one attached hydrogen (secondary N) is 1. The van der Waals surface area contributed by atoms with Gasteiger partial charge >= 0.3 is 0 Å². The van der Waals surface area contributed by atoms with Gasteiger partial charge in [-0.25, -0.2) is 9.97 Å². The topological polar surface area (TPSA) is 63.8 Å². The first-order valence-corrected chi connectivity index (χ1v) is 5.08. The molecule has 0 amide bonds. The Labute approximate surface area is 83.9 Å². The molecule has 2 rings (SSSR count). The summed E-state index contributed by atoms with van der Waals surface area (Å²) in [6, 6.07) is 0.496. The molecular weight excluding hydrogens is 176 g/mol. The van der Waals surface area contributed by atoms with Gasteiger partial charge in [0.25, 0.3) is 0 Å². The van der Waals surface area contributed by atoms with Crippen LogP contribution in [-0.2, 0) is 0 Å². The van der Waals surface area contributed by atoms with Gasteiger partial charge in [-0.1, -0.05) is 0 Å². The van der Waals surface area contributed by atoms with Crippen LogP contribution in [0.4, 0.5) is 0 Å². The number of hydrogen-bond acceptors (Lipinski definition) is 4. The molecule has 76 valence electrons. The van der Waals surface area contributed by atoms with Crippen molar-refractivity contribution in [3.05, 3.63) is 24.3 Å². The van der Waals surface area contributed by atoms with Crippen molar-refractivity contribution < 1.29 is 0 Å². The molecule has 0 bridgehead atoms. The molecule has 0 saturated carbocycles. The number of aromatic nitrogens is 2. The van der Waals surface area contributed by atoms with E-state index in [0.29, 0.717) is 12.0 Å². The van der Waals surface area contributed by atoms with Gasteiger partial charge in [-0.2, -0.15) is 0 Å². The van der Waals surface area contributed by atoms with Crippen LogP contribution in [0.5, 0.6) is 0 Å². The van der Waals surface area contributed by atoms with Crippen LogP contribution in [0, 0.1) is 0 Å².